The standard InChI is InChI=1S/C18H19NO2/c20-18(16-9-10-16)21-13-15-7-4-8-17(11-15)19-12-14-5-2-1-3-6-14/h1-8,11,16,19H,9-10,12-13H2. The highest BCUT2D eigenvalue weighted by atomic mass is 16.5. The van der Waals surface area contributed by atoms with Crippen molar-refractivity contribution in [3.8, 4) is 0 Å². The molecule has 0 radical (unpaired) electrons. The van der Waals surface area contributed by atoms with E-state index in [1.54, 1.807) is 0 Å². The molecule has 1 saturated carbocycles. The second-order valence-electron chi connectivity index (χ2n) is 5.42. The highest BCUT2D eigenvalue weighted by Crippen LogP contribution is 2.30. The van der Waals surface area contributed by atoms with Crippen LogP contribution in [0.3, 0.4) is 0 Å². The Balaban J connectivity index is 1.53. The number of esters is 1. The van der Waals surface area contributed by atoms with Gasteiger partial charge in [0, 0.05) is 12.2 Å². The molecular weight excluding hydrogens is 262 g/mol. The Morgan fingerprint density at radius 1 is 1.05 bits per heavy atom. The molecule has 0 aliphatic heterocycles. The summed E-state index contributed by atoms with van der Waals surface area (Å²) >= 11 is 0. The van der Waals surface area contributed by atoms with Crippen molar-refractivity contribution in [2.45, 2.75) is 26.0 Å². The molecule has 1 aliphatic carbocycles. The van der Waals surface area contributed by atoms with Crippen molar-refractivity contribution in [1.82, 2.24) is 0 Å². The van der Waals surface area contributed by atoms with E-state index in [2.05, 4.69) is 17.4 Å². The van der Waals surface area contributed by atoms with Gasteiger partial charge in [-0.1, -0.05) is 42.5 Å². The average molecular weight is 281 g/mol. The lowest BCUT2D eigenvalue weighted by Crippen LogP contribution is -2.06. The Bertz CT molecular complexity index is 606. The van der Waals surface area contributed by atoms with Crippen LogP contribution in [0.2, 0.25) is 0 Å². The second-order valence-corrected chi connectivity index (χ2v) is 5.42. The Kier molecular flexibility index (Phi) is 4.20. The summed E-state index contributed by atoms with van der Waals surface area (Å²) in [7, 11) is 0. The molecule has 0 aromatic heterocycles. The number of benzene rings is 2. The minimum absolute atomic E-state index is 0.0577. The molecule has 0 heterocycles. The van der Waals surface area contributed by atoms with Gasteiger partial charge in [0.15, 0.2) is 0 Å². The quantitative estimate of drug-likeness (QED) is 0.819. The number of rotatable bonds is 6. The van der Waals surface area contributed by atoms with Crippen LogP contribution in [0.15, 0.2) is 54.6 Å². The monoisotopic (exact) mass is 281 g/mol. The molecule has 2 aromatic rings. The summed E-state index contributed by atoms with van der Waals surface area (Å²) < 4.78 is 5.30. The van der Waals surface area contributed by atoms with Gasteiger partial charge in [-0.25, -0.2) is 0 Å². The van der Waals surface area contributed by atoms with Crippen LogP contribution in [0.25, 0.3) is 0 Å². The molecule has 0 saturated heterocycles. The van der Waals surface area contributed by atoms with Crippen LogP contribution in [0.4, 0.5) is 5.69 Å². The van der Waals surface area contributed by atoms with Crippen LogP contribution in [-0.2, 0) is 22.7 Å². The number of hydrogen-bond donors (Lipinski definition) is 1. The van der Waals surface area contributed by atoms with E-state index in [1.165, 1.54) is 5.56 Å². The van der Waals surface area contributed by atoms with Gasteiger partial charge >= 0.3 is 5.97 Å². The Morgan fingerprint density at radius 3 is 2.57 bits per heavy atom. The average Bonchev–Trinajstić information content (AvgIpc) is 3.37. The third-order valence-corrected chi connectivity index (χ3v) is 3.56. The zero-order chi connectivity index (χ0) is 14.5. The van der Waals surface area contributed by atoms with Gasteiger partial charge in [-0.3, -0.25) is 4.79 Å². The van der Waals surface area contributed by atoms with Gasteiger partial charge in [0.05, 0.1) is 5.92 Å². The van der Waals surface area contributed by atoms with E-state index in [-0.39, 0.29) is 11.9 Å². The van der Waals surface area contributed by atoms with E-state index in [1.807, 2.05) is 42.5 Å². The molecule has 3 heteroatoms. The molecule has 0 bridgehead atoms. The summed E-state index contributed by atoms with van der Waals surface area (Å²) in [4.78, 5) is 11.5. The molecule has 3 nitrogen and oxygen atoms in total. The first-order chi connectivity index (χ1) is 10.3. The van der Waals surface area contributed by atoms with E-state index in [9.17, 15) is 4.79 Å². The second kappa shape index (κ2) is 6.44. The first-order valence-electron chi connectivity index (χ1n) is 7.34. The molecule has 21 heavy (non-hydrogen) atoms. The van der Waals surface area contributed by atoms with E-state index >= 15 is 0 Å². The molecule has 2 aromatic carbocycles. The predicted octanol–water partition coefficient (Wildman–Crippen LogP) is 3.75. The number of ether oxygens (including phenoxy) is 1. The zero-order valence-corrected chi connectivity index (χ0v) is 11.9. The summed E-state index contributed by atoms with van der Waals surface area (Å²) in [6.45, 7) is 1.14. The molecule has 1 aliphatic rings. The van der Waals surface area contributed by atoms with Gasteiger partial charge in [0.25, 0.3) is 0 Å². The largest absolute Gasteiger partial charge is 0.461 e. The molecular formula is C18H19NO2. The maximum absolute atomic E-state index is 11.5. The van der Waals surface area contributed by atoms with Crippen molar-refractivity contribution in [2.75, 3.05) is 5.32 Å². The van der Waals surface area contributed by atoms with Crippen LogP contribution < -0.4 is 5.32 Å². The summed E-state index contributed by atoms with van der Waals surface area (Å²) in [5.41, 5.74) is 3.30. The topological polar surface area (TPSA) is 38.3 Å². The van der Waals surface area contributed by atoms with Crippen molar-refractivity contribution in [1.29, 1.82) is 0 Å². The number of carbonyl (C=O) groups is 1. The maximum atomic E-state index is 11.5. The zero-order valence-electron chi connectivity index (χ0n) is 11.9. The van der Waals surface area contributed by atoms with Crippen molar-refractivity contribution in [2.24, 2.45) is 5.92 Å². The number of anilines is 1. The highest BCUT2D eigenvalue weighted by molar-refractivity contribution is 5.74. The first-order valence-corrected chi connectivity index (χ1v) is 7.34. The highest BCUT2D eigenvalue weighted by Gasteiger charge is 2.31. The third-order valence-electron chi connectivity index (χ3n) is 3.56. The van der Waals surface area contributed by atoms with Gasteiger partial charge in [0.1, 0.15) is 6.61 Å². The summed E-state index contributed by atoms with van der Waals surface area (Å²) in [5, 5.41) is 3.38. The van der Waals surface area contributed by atoms with E-state index in [0.717, 1.165) is 30.6 Å². The molecule has 0 amide bonds. The Hall–Kier alpha value is -2.29. The van der Waals surface area contributed by atoms with Crippen LogP contribution in [-0.4, -0.2) is 5.97 Å². The SMILES string of the molecule is O=C(OCc1cccc(NCc2ccccc2)c1)C1CC1. The fourth-order valence-corrected chi connectivity index (χ4v) is 2.16. The molecule has 0 spiro atoms. The van der Waals surface area contributed by atoms with Crippen LogP contribution in [0, 0.1) is 5.92 Å². The molecule has 0 unspecified atom stereocenters. The first kappa shape index (κ1) is 13.7. The van der Waals surface area contributed by atoms with Crippen LogP contribution in [0.5, 0.6) is 0 Å². The summed E-state index contributed by atoms with van der Waals surface area (Å²) in [6.07, 6.45) is 1.97. The number of carbonyl (C=O) groups excluding carboxylic acids is 1. The van der Waals surface area contributed by atoms with Crippen molar-refractivity contribution >= 4 is 11.7 Å². The number of nitrogens with one attached hydrogen (secondary N) is 1. The minimum atomic E-state index is -0.0577. The van der Waals surface area contributed by atoms with Crippen LogP contribution in [0.1, 0.15) is 24.0 Å². The van der Waals surface area contributed by atoms with E-state index in [0.29, 0.717) is 6.61 Å². The van der Waals surface area contributed by atoms with Gasteiger partial charge in [-0.2, -0.15) is 0 Å². The minimum Gasteiger partial charge on any atom is -0.461 e. The van der Waals surface area contributed by atoms with Gasteiger partial charge in [-0.05, 0) is 36.1 Å². The fraction of sp³-hybridized carbons (Fsp3) is 0.278. The normalized spacial score (nSPS) is 13.7. The van der Waals surface area contributed by atoms with Gasteiger partial charge < -0.3 is 10.1 Å². The third kappa shape index (κ3) is 4.09. The fourth-order valence-electron chi connectivity index (χ4n) is 2.16. The van der Waals surface area contributed by atoms with Crippen molar-refractivity contribution in [3.63, 3.8) is 0 Å². The predicted molar refractivity (Wildman–Crippen MR) is 82.7 cm³/mol. The van der Waals surface area contributed by atoms with Crippen LogP contribution >= 0.6 is 0 Å². The van der Waals surface area contributed by atoms with E-state index < -0.39 is 0 Å². The van der Waals surface area contributed by atoms with Crippen molar-refractivity contribution in [3.05, 3.63) is 65.7 Å². The Morgan fingerprint density at radius 2 is 1.81 bits per heavy atom. The van der Waals surface area contributed by atoms with Gasteiger partial charge in [-0.15, -0.1) is 0 Å². The van der Waals surface area contributed by atoms with E-state index in [4.69, 9.17) is 4.74 Å². The summed E-state index contributed by atoms with van der Waals surface area (Å²) in [6, 6.07) is 18.3. The lowest BCUT2D eigenvalue weighted by Gasteiger charge is -2.09. The molecule has 108 valence electrons. The summed E-state index contributed by atoms with van der Waals surface area (Å²) in [5.74, 6) is 0.0991. The lowest BCUT2D eigenvalue weighted by molar-refractivity contribution is -0.146. The van der Waals surface area contributed by atoms with Crippen molar-refractivity contribution < 1.29 is 9.53 Å². The smallest absolute Gasteiger partial charge is 0.309 e. The van der Waals surface area contributed by atoms with Gasteiger partial charge in [0.2, 0.25) is 0 Å². The lowest BCUT2D eigenvalue weighted by atomic mass is 10.2. The molecule has 1 N–H and O–H groups in total. The maximum Gasteiger partial charge on any atom is 0.309 e. The molecule has 0 atom stereocenters. The molecule has 3 rings (SSSR count). The Labute approximate surface area is 124 Å². The molecule has 1 fully saturated rings. The number of hydrogen-bond acceptors (Lipinski definition) is 3.